The zero-order chi connectivity index (χ0) is 7.73. The lowest BCUT2D eigenvalue weighted by atomic mass is 9.72. The monoisotopic (exact) mass is 153 g/mol. The zero-order valence-corrected chi connectivity index (χ0v) is 7.53. The van der Waals surface area contributed by atoms with E-state index in [1.165, 1.54) is 45.2 Å². The minimum Gasteiger partial charge on any atom is -0.316 e. The summed E-state index contributed by atoms with van der Waals surface area (Å²) in [4.78, 5) is 0. The van der Waals surface area contributed by atoms with Crippen LogP contribution in [0.15, 0.2) is 0 Å². The van der Waals surface area contributed by atoms with E-state index in [1.54, 1.807) is 0 Å². The van der Waals surface area contributed by atoms with Crippen LogP contribution >= 0.6 is 0 Å². The summed E-state index contributed by atoms with van der Waals surface area (Å²) >= 11 is 0. The number of rotatable bonds is 2. The molecule has 1 nitrogen and oxygen atoms in total. The second kappa shape index (κ2) is 2.78. The van der Waals surface area contributed by atoms with Gasteiger partial charge in [-0.2, -0.15) is 0 Å². The maximum absolute atomic E-state index is 3.47. The van der Waals surface area contributed by atoms with E-state index in [1.807, 2.05) is 0 Å². The summed E-state index contributed by atoms with van der Waals surface area (Å²) in [6.45, 7) is 4.97. The second-order valence-corrected chi connectivity index (χ2v) is 4.74. The van der Waals surface area contributed by atoms with Gasteiger partial charge in [0.05, 0.1) is 0 Å². The molecule has 0 aromatic carbocycles. The van der Waals surface area contributed by atoms with Crippen LogP contribution in [0.1, 0.15) is 39.0 Å². The molecule has 0 aromatic rings. The van der Waals surface area contributed by atoms with E-state index in [0.29, 0.717) is 5.41 Å². The largest absolute Gasteiger partial charge is 0.316 e. The summed E-state index contributed by atoms with van der Waals surface area (Å²) < 4.78 is 0. The van der Waals surface area contributed by atoms with Crippen molar-refractivity contribution in [3.63, 3.8) is 0 Å². The summed E-state index contributed by atoms with van der Waals surface area (Å²) in [5.74, 6) is 1.08. The zero-order valence-electron chi connectivity index (χ0n) is 7.53. The first-order chi connectivity index (χ1) is 5.29. The fraction of sp³-hybridized carbons (Fsp3) is 1.00. The molecule has 0 amide bonds. The molecule has 2 fully saturated rings. The van der Waals surface area contributed by atoms with Crippen LogP contribution in [0.2, 0.25) is 0 Å². The van der Waals surface area contributed by atoms with E-state index in [0.717, 1.165) is 5.92 Å². The number of hydrogen-bond donors (Lipinski definition) is 1. The predicted molar refractivity (Wildman–Crippen MR) is 47.6 cm³/mol. The molecule has 1 heterocycles. The van der Waals surface area contributed by atoms with E-state index in [-0.39, 0.29) is 0 Å². The van der Waals surface area contributed by atoms with Crippen molar-refractivity contribution in [3.8, 4) is 0 Å². The van der Waals surface area contributed by atoms with Gasteiger partial charge in [0.2, 0.25) is 0 Å². The Bertz CT molecular complexity index is 132. The van der Waals surface area contributed by atoms with Crippen LogP contribution in [0, 0.1) is 11.3 Å². The van der Waals surface area contributed by atoms with Crippen molar-refractivity contribution < 1.29 is 0 Å². The van der Waals surface area contributed by atoms with Gasteiger partial charge in [-0.3, -0.25) is 0 Å². The van der Waals surface area contributed by atoms with E-state index < -0.39 is 0 Å². The lowest BCUT2D eigenvalue weighted by Crippen LogP contribution is -2.26. The molecule has 1 N–H and O–H groups in total. The number of nitrogens with one attached hydrogen (secondary N) is 1. The van der Waals surface area contributed by atoms with Gasteiger partial charge < -0.3 is 5.32 Å². The molecule has 2 rings (SSSR count). The third-order valence-electron chi connectivity index (χ3n) is 3.46. The molecule has 0 radical (unpaired) electrons. The molecule has 2 aliphatic rings. The topological polar surface area (TPSA) is 12.0 Å². The Morgan fingerprint density at radius 3 is 2.73 bits per heavy atom. The van der Waals surface area contributed by atoms with Crippen molar-refractivity contribution in [2.24, 2.45) is 11.3 Å². The summed E-state index contributed by atoms with van der Waals surface area (Å²) in [6, 6.07) is 0. The van der Waals surface area contributed by atoms with Crippen LogP contribution in [-0.4, -0.2) is 13.1 Å². The van der Waals surface area contributed by atoms with Crippen molar-refractivity contribution in [1.82, 2.24) is 5.32 Å². The smallest absolute Gasteiger partial charge is 0.000574 e. The minimum absolute atomic E-state index is 0.658. The summed E-state index contributed by atoms with van der Waals surface area (Å²) in [5, 5.41) is 3.47. The molecule has 11 heavy (non-hydrogen) atoms. The standard InChI is InChI=1S/C10H19N/c1-10(5-6-11-8-10)7-9-3-2-4-9/h9,11H,2-8H2,1H3. The maximum Gasteiger partial charge on any atom is 0.000574 e. The molecule has 1 saturated carbocycles. The quantitative estimate of drug-likeness (QED) is 0.641. The van der Waals surface area contributed by atoms with E-state index >= 15 is 0 Å². The molecule has 1 saturated heterocycles. The van der Waals surface area contributed by atoms with Crippen molar-refractivity contribution in [2.45, 2.75) is 39.0 Å². The SMILES string of the molecule is CC1(CC2CCC2)CCNC1. The molecule has 1 unspecified atom stereocenters. The average molecular weight is 153 g/mol. The Hall–Kier alpha value is -0.0400. The highest BCUT2D eigenvalue weighted by molar-refractivity contribution is 4.87. The number of hydrogen-bond acceptors (Lipinski definition) is 1. The lowest BCUT2D eigenvalue weighted by molar-refractivity contribution is 0.192. The Morgan fingerprint density at radius 1 is 1.45 bits per heavy atom. The molecular formula is C10H19N. The van der Waals surface area contributed by atoms with Crippen LogP contribution in [0.25, 0.3) is 0 Å². The highest BCUT2D eigenvalue weighted by Gasteiger charge is 2.33. The van der Waals surface area contributed by atoms with Gasteiger partial charge in [-0.25, -0.2) is 0 Å². The van der Waals surface area contributed by atoms with Gasteiger partial charge >= 0.3 is 0 Å². The molecule has 0 aromatic heterocycles. The van der Waals surface area contributed by atoms with Gasteiger partial charge in [-0.1, -0.05) is 26.2 Å². The lowest BCUT2D eigenvalue weighted by Gasteiger charge is -2.33. The fourth-order valence-corrected chi connectivity index (χ4v) is 2.44. The Kier molecular flexibility index (Phi) is 1.92. The normalized spacial score (nSPS) is 39.0. The van der Waals surface area contributed by atoms with Gasteiger partial charge in [0.15, 0.2) is 0 Å². The van der Waals surface area contributed by atoms with Gasteiger partial charge in [0.25, 0.3) is 0 Å². The summed E-state index contributed by atoms with van der Waals surface area (Å²) in [7, 11) is 0. The first kappa shape index (κ1) is 7.60. The fourth-order valence-electron chi connectivity index (χ4n) is 2.44. The average Bonchev–Trinajstić information content (AvgIpc) is 2.29. The summed E-state index contributed by atoms with van der Waals surface area (Å²) in [5.41, 5.74) is 0.658. The molecule has 1 aliphatic carbocycles. The van der Waals surface area contributed by atoms with Crippen molar-refractivity contribution in [3.05, 3.63) is 0 Å². The van der Waals surface area contributed by atoms with Crippen LogP contribution < -0.4 is 5.32 Å². The van der Waals surface area contributed by atoms with Crippen molar-refractivity contribution in [1.29, 1.82) is 0 Å². The van der Waals surface area contributed by atoms with Gasteiger partial charge in [-0.05, 0) is 30.7 Å². The Labute approximate surface area is 69.6 Å². The van der Waals surface area contributed by atoms with E-state index in [9.17, 15) is 0 Å². The Morgan fingerprint density at radius 2 is 2.27 bits per heavy atom. The molecule has 1 heteroatoms. The third kappa shape index (κ3) is 1.58. The molecular weight excluding hydrogens is 134 g/mol. The third-order valence-corrected chi connectivity index (χ3v) is 3.46. The van der Waals surface area contributed by atoms with Crippen LogP contribution in [0.5, 0.6) is 0 Å². The molecule has 1 aliphatic heterocycles. The highest BCUT2D eigenvalue weighted by Crippen LogP contribution is 2.40. The van der Waals surface area contributed by atoms with Gasteiger partial charge in [-0.15, -0.1) is 0 Å². The molecule has 1 atom stereocenters. The Balaban J connectivity index is 1.82. The van der Waals surface area contributed by atoms with Crippen molar-refractivity contribution >= 4 is 0 Å². The molecule has 64 valence electrons. The minimum atomic E-state index is 0.658. The predicted octanol–water partition coefficient (Wildman–Crippen LogP) is 2.18. The van der Waals surface area contributed by atoms with Crippen LogP contribution in [-0.2, 0) is 0 Å². The first-order valence-electron chi connectivity index (χ1n) is 4.99. The van der Waals surface area contributed by atoms with Gasteiger partial charge in [0.1, 0.15) is 0 Å². The van der Waals surface area contributed by atoms with E-state index in [2.05, 4.69) is 12.2 Å². The van der Waals surface area contributed by atoms with Crippen molar-refractivity contribution in [2.75, 3.05) is 13.1 Å². The first-order valence-corrected chi connectivity index (χ1v) is 4.99. The van der Waals surface area contributed by atoms with E-state index in [4.69, 9.17) is 0 Å². The highest BCUT2D eigenvalue weighted by atomic mass is 14.9. The molecule has 0 bridgehead atoms. The maximum atomic E-state index is 3.47. The van der Waals surface area contributed by atoms with Gasteiger partial charge in [0, 0.05) is 6.54 Å². The second-order valence-electron chi connectivity index (χ2n) is 4.74. The molecule has 0 spiro atoms. The van der Waals surface area contributed by atoms with Crippen LogP contribution in [0.3, 0.4) is 0 Å². The summed E-state index contributed by atoms with van der Waals surface area (Å²) in [6.07, 6.45) is 7.41. The van der Waals surface area contributed by atoms with Crippen LogP contribution in [0.4, 0.5) is 0 Å².